The van der Waals surface area contributed by atoms with Crippen LogP contribution in [0, 0.1) is 11.3 Å². The Morgan fingerprint density at radius 3 is 2.43 bits per heavy atom. The summed E-state index contributed by atoms with van der Waals surface area (Å²) in [6.07, 6.45) is 4.21. The van der Waals surface area contributed by atoms with E-state index in [0.717, 1.165) is 38.3 Å². The molecular formula is C17H19N5O. The molecule has 2 heterocycles. The fourth-order valence-electron chi connectivity index (χ4n) is 2.82. The van der Waals surface area contributed by atoms with Crippen molar-refractivity contribution in [2.45, 2.75) is 6.42 Å². The van der Waals surface area contributed by atoms with Gasteiger partial charge in [-0.3, -0.25) is 0 Å². The molecule has 1 aromatic carbocycles. The number of benzene rings is 1. The number of methoxy groups -OCH3 is 1. The highest BCUT2D eigenvalue weighted by Crippen LogP contribution is 2.22. The zero-order valence-corrected chi connectivity index (χ0v) is 13.1. The third-order valence-corrected chi connectivity index (χ3v) is 4.02. The average molecular weight is 309 g/mol. The van der Waals surface area contributed by atoms with Gasteiger partial charge in [-0.25, -0.2) is 9.97 Å². The summed E-state index contributed by atoms with van der Waals surface area (Å²) in [6, 6.07) is 10.2. The van der Waals surface area contributed by atoms with Gasteiger partial charge >= 0.3 is 0 Å². The molecule has 23 heavy (non-hydrogen) atoms. The van der Waals surface area contributed by atoms with Crippen molar-refractivity contribution in [2.24, 2.45) is 0 Å². The van der Waals surface area contributed by atoms with Crippen molar-refractivity contribution in [2.75, 3.05) is 43.1 Å². The highest BCUT2D eigenvalue weighted by Gasteiger charge is 2.19. The zero-order chi connectivity index (χ0) is 16.1. The Morgan fingerprint density at radius 1 is 1.00 bits per heavy atom. The lowest BCUT2D eigenvalue weighted by molar-refractivity contribution is 0.415. The van der Waals surface area contributed by atoms with E-state index in [1.807, 2.05) is 12.1 Å². The van der Waals surface area contributed by atoms with E-state index in [2.05, 4.69) is 38.0 Å². The van der Waals surface area contributed by atoms with E-state index in [9.17, 15) is 5.26 Å². The topological polar surface area (TPSA) is 65.3 Å². The summed E-state index contributed by atoms with van der Waals surface area (Å²) in [6.45, 7) is 3.55. The molecule has 1 fully saturated rings. The number of ether oxygens (including phenoxy) is 1. The standard InChI is InChI=1S/C17H19N5O/c1-23-15-5-3-14(4-6-15)21-9-2-10-22(12-11-21)17-16(13-18)19-7-8-20-17/h3-8H,2,9-12H2,1H3. The van der Waals surface area contributed by atoms with Gasteiger partial charge in [-0.15, -0.1) is 0 Å². The first-order valence-corrected chi connectivity index (χ1v) is 7.67. The molecule has 0 unspecified atom stereocenters. The maximum absolute atomic E-state index is 9.20. The van der Waals surface area contributed by atoms with E-state index >= 15 is 0 Å². The van der Waals surface area contributed by atoms with Gasteiger partial charge in [-0.2, -0.15) is 5.26 Å². The summed E-state index contributed by atoms with van der Waals surface area (Å²) in [5, 5.41) is 9.20. The molecule has 1 saturated heterocycles. The molecule has 6 heteroatoms. The number of nitrogens with zero attached hydrogens (tertiary/aromatic N) is 5. The predicted octanol–water partition coefficient (Wildman–Crippen LogP) is 2.07. The van der Waals surface area contributed by atoms with Gasteiger partial charge in [0.05, 0.1) is 7.11 Å². The van der Waals surface area contributed by atoms with E-state index in [4.69, 9.17) is 4.74 Å². The molecule has 0 spiro atoms. The molecule has 3 rings (SSSR count). The molecule has 0 radical (unpaired) electrons. The number of anilines is 2. The Hall–Kier alpha value is -2.81. The minimum atomic E-state index is 0.394. The molecule has 1 aromatic heterocycles. The van der Waals surface area contributed by atoms with Crippen molar-refractivity contribution in [3.05, 3.63) is 42.4 Å². The van der Waals surface area contributed by atoms with E-state index in [-0.39, 0.29) is 0 Å². The van der Waals surface area contributed by atoms with Crippen LogP contribution >= 0.6 is 0 Å². The predicted molar refractivity (Wildman–Crippen MR) is 88.8 cm³/mol. The van der Waals surface area contributed by atoms with Crippen LogP contribution in [-0.4, -0.2) is 43.3 Å². The molecular weight excluding hydrogens is 290 g/mol. The molecule has 0 amide bonds. The number of nitriles is 1. The first-order chi connectivity index (χ1) is 11.3. The van der Waals surface area contributed by atoms with E-state index in [0.29, 0.717) is 11.5 Å². The molecule has 0 bridgehead atoms. The number of hydrogen-bond donors (Lipinski definition) is 0. The van der Waals surface area contributed by atoms with Crippen LogP contribution < -0.4 is 14.5 Å². The van der Waals surface area contributed by atoms with E-state index in [1.54, 1.807) is 19.5 Å². The van der Waals surface area contributed by atoms with Crippen molar-refractivity contribution in [1.82, 2.24) is 9.97 Å². The van der Waals surface area contributed by atoms with Gasteiger partial charge in [0.2, 0.25) is 0 Å². The summed E-state index contributed by atoms with van der Waals surface area (Å²) >= 11 is 0. The highest BCUT2D eigenvalue weighted by molar-refractivity contribution is 5.52. The molecule has 0 atom stereocenters. The van der Waals surface area contributed by atoms with Crippen LogP contribution in [0.4, 0.5) is 11.5 Å². The summed E-state index contributed by atoms with van der Waals surface area (Å²) in [4.78, 5) is 12.9. The average Bonchev–Trinajstić information content (AvgIpc) is 2.88. The Bertz CT molecular complexity index is 695. The van der Waals surface area contributed by atoms with Crippen molar-refractivity contribution in [3.8, 4) is 11.8 Å². The quantitative estimate of drug-likeness (QED) is 0.865. The van der Waals surface area contributed by atoms with Crippen molar-refractivity contribution in [1.29, 1.82) is 5.26 Å². The molecule has 1 aliphatic rings. The monoisotopic (exact) mass is 309 g/mol. The van der Waals surface area contributed by atoms with Crippen LogP contribution in [0.5, 0.6) is 5.75 Å². The van der Waals surface area contributed by atoms with Crippen LogP contribution in [-0.2, 0) is 0 Å². The fraction of sp³-hybridized carbons (Fsp3) is 0.353. The van der Waals surface area contributed by atoms with Gasteiger partial charge in [-0.05, 0) is 30.7 Å². The normalized spacial score (nSPS) is 15.0. The van der Waals surface area contributed by atoms with Crippen LogP contribution in [0.3, 0.4) is 0 Å². The fourth-order valence-corrected chi connectivity index (χ4v) is 2.82. The smallest absolute Gasteiger partial charge is 0.183 e. The van der Waals surface area contributed by atoms with Gasteiger partial charge in [0.15, 0.2) is 11.5 Å². The van der Waals surface area contributed by atoms with Crippen LogP contribution in [0.1, 0.15) is 12.1 Å². The molecule has 0 aliphatic carbocycles. The van der Waals surface area contributed by atoms with Gasteiger partial charge in [-0.1, -0.05) is 0 Å². The summed E-state index contributed by atoms with van der Waals surface area (Å²) in [7, 11) is 1.67. The molecule has 2 aromatic rings. The second kappa shape index (κ2) is 6.97. The number of hydrogen-bond acceptors (Lipinski definition) is 6. The van der Waals surface area contributed by atoms with Crippen LogP contribution in [0.15, 0.2) is 36.7 Å². The Morgan fingerprint density at radius 2 is 1.70 bits per heavy atom. The highest BCUT2D eigenvalue weighted by atomic mass is 16.5. The Labute approximate surface area is 136 Å². The lowest BCUT2D eigenvalue weighted by atomic mass is 10.2. The van der Waals surface area contributed by atoms with Gasteiger partial charge in [0.25, 0.3) is 0 Å². The summed E-state index contributed by atoms with van der Waals surface area (Å²) < 4.78 is 5.21. The zero-order valence-electron chi connectivity index (χ0n) is 13.1. The summed E-state index contributed by atoms with van der Waals surface area (Å²) in [5.74, 6) is 1.55. The number of rotatable bonds is 3. The second-order valence-electron chi connectivity index (χ2n) is 5.37. The minimum Gasteiger partial charge on any atom is -0.497 e. The SMILES string of the molecule is COc1ccc(N2CCCN(c3nccnc3C#N)CC2)cc1. The molecule has 6 nitrogen and oxygen atoms in total. The second-order valence-corrected chi connectivity index (χ2v) is 5.37. The Kier molecular flexibility index (Phi) is 4.57. The molecule has 1 aliphatic heterocycles. The molecule has 0 saturated carbocycles. The van der Waals surface area contributed by atoms with Crippen LogP contribution in [0.2, 0.25) is 0 Å². The minimum absolute atomic E-state index is 0.394. The molecule has 118 valence electrons. The van der Waals surface area contributed by atoms with E-state index < -0.39 is 0 Å². The first-order valence-electron chi connectivity index (χ1n) is 7.67. The van der Waals surface area contributed by atoms with Crippen LogP contribution in [0.25, 0.3) is 0 Å². The third-order valence-electron chi connectivity index (χ3n) is 4.02. The van der Waals surface area contributed by atoms with Crippen molar-refractivity contribution < 1.29 is 4.74 Å². The maximum Gasteiger partial charge on any atom is 0.183 e. The maximum atomic E-state index is 9.20. The lowest BCUT2D eigenvalue weighted by Gasteiger charge is -2.24. The van der Waals surface area contributed by atoms with Gasteiger partial charge in [0.1, 0.15) is 11.8 Å². The number of aromatic nitrogens is 2. The van der Waals surface area contributed by atoms with Crippen molar-refractivity contribution >= 4 is 11.5 Å². The van der Waals surface area contributed by atoms with Gasteiger partial charge < -0.3 is 14.5 Å². The largest absolute Gasteiger partial charge is 0.497 e. The summed E-state index contributed by atoms with van der Waals surface area (Å²) in [5.41, 5.74) is 1.58. The van der Waals surface area contributed by atoms with Gasteiger partial charge in [0, 0.05) is 44.3 Å². The van der Waals surface area contributed by atoms with E-state index in [1.165, 1.54) is 5.69 Å². The van der Waals surface area contributed by atoms with Crippen molar-refractivity contribution in [3.63, 3.8) is 0 Å². The Balaban J connectivity index is 1.73. The molecule has 0 N–H and O–H groups in total. The first kappa shape index (κ1) is 15.1. The lowest BCUT2D eigenvalue weighted by Crippen LogP contribution is -2.31. The third kappa shape index (κ3) is 3.34.